The van der Waals surface area contributed by atoms with Gasteiger partial charge >= 0.3 is 208 Å². The molecule has 0 radical (unpaired) electrons. The molecule has 1 aliphatic heterocycles. The Balaban J connectivity index is 1.91. The van der Waals surface area contributed by atoms with E-state index in [1.807, 2.05) is 28.9 Å². The van der Waals surface area contributed by atoms with Crippen molar-refractivity contribution in [1.82, 2.24) is 15.3 Å². The van der Waals surface area contributed by atoms with Crippen LogP contribution in [0.4, 0.5) is 21.5 Å². The number of carbonyl (C=O) groups excluding carboxylic acids is 1. The quantitative estimate of drug-likeness (QED) is 0.134. The van der Waals surface area contributed by atoms with E-state index in [1.165, 1.54) is 13.2 Å². The first-order valence-corrected chi connectivity index (χ1v) is 17.4. The van der Waals surface area contributed by atoms with Gasteiger partial charge in [-0.25, -0.2) is 0 Å². The average molecular weight is 746 g/mol. The van der Waals surface area contributed by atoms with Crippen LogP contribution < -0.4 is 36.1 Å². The van der Waals surface area contributed by atoms with Crippen molar-refractivity contribution >= 4 is 64.4 Å². The van der Waals surface area contributed by atoms with Gasteiger partial charge in [-0.05, 0) is 0 Å². The number of nitrogens with zero attached hydrogens (tertiary/aromatic N) is 1. The van der Waals surface area contributed by atoms with Crippen LogP contribution in [0.3, 0.4) is 0 Å². The minimum atomic E-state index is -0.480. The van der Waals surface area contributed by atoms with E-state index in [-0.39, 0.29) is 32.9 Å². The summed E-state index contributed by atoms with van der Waals surface area (Å²) in [6.45, 7) is 0. The molecule has 7 nitrogen and oxygen atoms in total. The molecule has 0 aliphatic carbocycles. The van der Waals surface area contributed by atoms with Crippen molar-refractivity contribution in [2.45, 2.75) is 10.5 Å². The number of anilines is 3. The van der Waals surface area contributed by atoms with E-state index in [4.69, 9.17) is 4.74 Å². The number of halogens is 4. The van der Waals surface area contributed by atoms with Crippen molar-refractivity contribution in [3.05, 3.63) is 53.7 Å². The van der Waals surface area contributed by atoms with Crippen molar-refractivity contribution in [3.63, 3.8) is 0 Å². The number of aromatic amines is 1. The Bertz CT molecular complexity index is 1110. The zero-order valence-electron chi connectivity index (χ0n) is 15.5. The first-order valence-electron chi connectivity index (χ1n) is 8.78. The summed E-state index contributed by atoms with van der Waals surface area (Å²) in [4.78, 5) is 20.6. The summed E-state index contributed by atoms with van der Waals surface area (Å²) in [6, 6.07) is 6.52. The second kappa shape index (κ2) is 9.42. The number of amides is 1. The third-order valence-corrected chi connectivity index (χ3v) is 10.4. The molecule has 30 heavy (non-hydrogen) atoms. The molecule has 0 bridgehead atoms. The number of nitrogens with one attached hydrogen (secondary N) is 4. The Morgan fingerprint density at radius 3 is 2.90 bits per heavy atom. The van der Waals surface area contributed by atoms with Crippen LogP contribution in [0.1, 0.15) is 16.1 Å². The monoisotopic (exact) mass is 746 g/mol. The second-order valence-corrected chi connectivity index (χ2v) is 12.1. The number of benzene rings is 1. The predicted molar refractivity (Wildman–Crippen MR) is 127 cm³/mol. The second-order valence-electron chi connectivity index (χ2n) is 6.42. The number of methoxy groups -OCH3 is 1. The van der Waals surface area contributed by atoms with Gasteiger partial charge in [0.2, 0.25) is 0 Å². The van der Waals surface area contributed by atoms with Gasteiger partial charge in [0.15, 0.2) is 0 Å². The summed E-state index contributed by atoms with van der Waals surface area (Å²) in [5.41, 5.74) is 4.80. The van der Waals surface area contributed by atoms with Gasteiger partial charge in [-0.1, -0.05) is 0 Å². The number of rotatable bonds is 6. The summed E-state index contributed by atoms with van der Waals surface area (Å²) >= 11 is 4.23. The van der Waals surface area contributed by atoms with Crippen LogP contribution in [0.25, 0.3) is 11.3 Å². The molecule has 0 saturated carbocycles. The van der Waals surface area contributed by atoms with Crippen LogP contribution in [0.2, 0.25) is 0 Å². The van der Waals surface area contributed by atoms with Gasteiger partial charge in [-0.2, -0.15) is 0 Å². The van der Waals surface area contributed by atoms with E-state index < -0.39 is 5.82 Å². The Kier molecular flexibility index (Phi) is 6.86. The van der Waals surface area contributed by atoms with Gasteiger partial charge in [0.1, 0.15) is 0 Å². The van der Waals surface area contributed by atoms with Gasteiger partial charge in [-0.15, -0.1) is 0 Å². The van der Waals surface area contributed by atoms with Crippen LogP contribution in [0, 0.1) is 5.82 Å². The number of para-hydroxylation sites is 1. The Labute approximate surface area is 206 Å². The number of carbonyl (C=O) groups is 1. The van der Waals surface area contributed by atoms with Gasteiger partial charge in [0.25, 0.3) is 0 Å². The molecule has 158 valence electrons. The van der Waals surface area contributed by atoms with E-state index in [1.54, 1.807) is 24.5 Å². The average Bonchev–Trinajstić information content (AvgIpc) is 3.12. The number of ether oxygens (including phenoxy) is 1. The third kappa shape index (κ3) is 4.06. The molecule has 4 rings (SSSR count). The van der Waals surface area contributed by atoms with Gasteiger partial charge < -0.3 is 0 Å². The topological polar surface area (TPSA) is 91.1 Å². The summed E-state index contributed by atoms with van der Waals surface area (Å²) in [6.07, 6.45) is 4.13. The summed E-state index contributed by atoms with van der Waals surface area (Å²) in [5.74, 6) is -0.533. The maximum atomic E-state index is 14.3. The molecule has 3 aromatic rings. The van der Waals surface area contributed by atoms with Crippen molar-refractivity contribution in [1.29, 1.82) is 0 Å². The van der Waals surface area contributed by atoms with Crippen LogP contribution in [-0.4, -0.2) is 27.0 Å². The van der Waals surface area contributed by atoms with Crippen molar-refractivity contribution in [2.24, 2.45) is 0 Å². The fourth-order valence-corrected chi connectivity index (χ4v) is 6.76. The molecule has 1 unspecified atom stereocenters. The van der Waals surface area contributed by atoms with Gasteiger partial charge in [0.05, 0.1) is 0 Å². The third-order valence-electron chi connectivity index (χ3n) is 4.70. The number of fused-ring (bicyclic) bond motifs is 1. The summed E-state index contributed by atoms with van der Waals surface area (Å²) in [5, 5.41) is 6.34. The zero-order chi connectivity index (χ0) is 21.3. The molecule has 3 heterocycles. The number of hydrogen-bond acceptors (Lipinski definition) is 5. The van der Waals surface area contributed by atoms with E-state index in [9.17, 15) is 9.18 Å². The minimum absolute atomic E-state index is 0.0904. The summed E-state index contributed by atoms with van der Waals surface area (Å²) < 4.78 is 22.8. The first kappa shape index (κ1) is 21.9. The normalized spacial score (nSPS) is 15.5. The first-order chi connectivity index (χ1) is 14.6. The fourth-order valence-electron chi connectivity index (χ4n) is 3.41. The van der Waals surface area contributed by atoms with Crippen LogP contribution in [0.5, 0.6) is 5.75 Å². The molecule has 11 heteroatoms. The van der Waals surface area contributed by atoms with Crippen molar-refractivity contribution in [2.75, 3.05) is 16.0 Å². The zero-order valence-corrected chi connectivity index (χ0v) is 22.0. The molecule has 4 N–H and O–H groups in total. The van der Waals surface area contributed by atoms with Crippen LogP contribution in [-0.2, 0) is 6.42 Å². The molecular weight excluding hydrogens is 730 g/mol. The standard InChI is InChI=1S/C19H16FI3N5O2/c1-30-18-10(20)3-2-4-11(18)25-17-15-12(7-14(23-21)27-19(15)29)26-16(17)9-5-6-24-8-13(9)28-22/h2-6,8,14,25-26,28H,7H2,1H3,(H,27,29)/q-1. The number of H-pyrrole nitrogens is 1. The SMILES string of the molecule is COc1c(F)cccc1Nc1c(-c2ccncc2NI)[nH]c2c1C(=O)NC([I-]I)C2. The Hall–Kier alpha value is -1.36. The molecular formula is C19H16FI3N5O2-. The van der Waals surface area contributed by atoms with Gasteiger partial charge in [0, 0.05) is 0 Å². The predicted octanol–water partition coefficient (Wildman–Crippen LogP) is 1.78. The summed E-state index contributed by atoms with van der Waals surface area (Å²) in [7, 11) is 1.42. The Morgan fingerprint density at radius 1 is 1.33 bits per heavy atom. The van der Waals surface area contributed by atoms with E-state index >= 15 is 0 Å². The van der Waals surface area contributed by atoms with Crippen LogP contribution >= 0.6 is 41.5 Å². The van der Waals surface area contributed by atoms with Crippen molar-refractivity contribution < 1.29 is 31.2 Å². The molecule has 0 spiro atoms. The number of alkyl halides is 1. The molecule has 0 saturated heterocycles. The molecule has 1 atom stereocenters. The number of hydrogen-bond donors (Lipinski definition) is 4. The fraction of sp³-hybridized carbons (Fsp3) is 0.158. The molecule has 2 aromatic heterocycles. The van der Waals surface area contributed by atoms with Crippen LogP contribution in [0.15, 0.2) is 36.7 Å². The van der Waals surface area contributed by atoms with E-state index in [0.717, 1.165) is 29.1 Å². The molecule has 1 aromatic carbocycles. The maximum absolute atomic E-state index is 14.3. The van der Waals surface area contributed by atoms with E-state index in [0.29, 0.717) is 16.9 Å². The molecule has 1 amide bonds. The van der Waals surface area contributed by atoms with Gasteiger partial charge in [-0.3, -0.25) is 0 Å². The van der Waals surface area contributed by atoms with E-state index in [2.05, 4.69) is 42.7 Å². The van der Waals surface area contributed by atoms with Crippen molar-refractivity contribution in [3.8, 4) is 17.0 Å². The molecule has 0 fully saturated rings. The number of pyridine rings is 1. The Morgan fingerprint density at radius 2 is 2.17 bits per heavy atom. The number of aromatic nitrogens is 2. The molecule has 1 aliphatic rings.